The number of piperazine rings is 1. The van der Waals surface area contributed by atoms with Gasteiger partial charge in [-0.25, -0.2) is 0 Å². The van der Waals surface area contributed by atoms with Crippen LogP contribution in [0, 0.1) is 0 Å². The second-order valence-electron chi connectivity index (χ2n) is 6.03. The van der Waals surface area contributed by atoms with Gasteiger partial charge in [0, 0.05) is 29.7 Å². The number of hydrogen-bond acceptors (Lipinski definition) is 3. The number of hydrogen-bond donors (Lipinski definition) is 1. The number of nitrogens with two attached hydrogens (primary N) is 1. The number of fused-ring (bicyclic) bond motifs is 6. The number of rotatable bonds is 1. The summed E-state index contributed by atoms with van der Waals surface area (Å²) in [7, 11) is 0. The fourth-order valence-electron chi connectivity index (χ4n) is 3.66. The van der Waals surface area contributed by atoms with Crippen molar-refractivity contribution >= 4 is 11.6 Å². The molecule has 3 aliphatic rings. The van der Waals surface area contributed by atoms with Gasteiger partial charge in [-0.15, -0.1) is 0 Å². The molecule has 1 fully saturated rings. The summed E-state index contributed by atoms with van der Waals surface area (Å²) in [6.45, 7) is 1.92. The van der Waals surface area contributed by atoms with Crippen molar-refractivity contribution in [2.75, 3.05) is 18.0 Å². The number of anilines is 1. The number of aryl methyl sites for hydroxylation is 1. The van der Waals surface area contributed by atoms with Crippen LogP contribution in [0.5, 0.6) is 0 Å². The van der Waals surface area contributed by atoms with Crippen LogP contribution in [0.15, 0.2) is 47.8 Å². The molecule has 21 heavy (non-hydrogen) atoms. The maximum Gasteiger partial charge on any atom is 0.246 e. The molecule has 4 rings (SSSR count). The Morgan fingerprint density at radius 2 is 2.14 bits per heavy atom. The number of carbonyl (C=O) groups is 1. The zero-order chi connectivity index (χ0) is 14.4. The number of allylic oxidation sites excluding steroid dienone is 1. The Kier molecular flexibility index (Phi) is 2.77. The summed E-state index contributed by atoms with van der Waals surface area (Å²) in [4.78, 5) is 16.2. The van der Waals surface area contributed by atoms with Gasteiger partial charge in [0.2, 0.25) is 5.91 Å². The Hall–Kier alpha value is -2.23. The Labute approximate surface area is 124 Å². The van der Waals surface area contributed by atoms with Crippen molar-refractivity contribution < 1.29 is 4.79 Å². The zero-order valence-electron chi connectivity index (χ0n) is 12.0. The molecule has 1 atom stereocenters. The van der Waals surface area contributed by atoms with Gasteiger partial charge in [-0.3, -0.25) is 4.79 Å². The van der Waals surface area contributed by atoms with E-state index in [-0.39, 0.29) is 5.91 Å². The fourth-order valence-corrected chi connectivity index (χ4v) is 3.66. The minimum atomic E-state index is -0.301. The highest BCUT2D eigenvalue weighted by Gasteiger charge is 2.33. The minimum absolute atomic E-state index is 0.301. The van der Waals surface area contributed by atoms with E-state index >= 15 is 0 Å². The smallest absolute Gasteiger partial charge is 0.246 e. The van der Waals surface area contributed by atoms with Crippen molar-refractivity contribution in [3.8, 4) is 0 Å². The third kappa shape index (κ3) is 2.02. The van der Waals surface area contributed by atoms with Crippen LogP contribution in [-0.4, -0.2) is 29.9 Å². The standard InChI is InChI=1S/C17H19N3O/c18-17(21)13-6-8-15-11-19-10-14(20(15)9-13)7-5-12-3-1-2-4-16(12)19/h1-4,8-9,14H,5-7,10-11H2,(H2,18,21). The van der Waals surface area contributed by atoms with Crippen LogP contribution in [0.4, 0.5) is 5.69 Å². The molecule has 4 nitrogen and oxygen atoms in total. The number of benzene rings is 1. The Balaban J connectivity index is 1.70. The van der Waals surface area contributed by atoms with Crippen LogP contribution in [0.3, 0.4) is 0 Å². The molecule has 1 saturated heterocycles. The molecule has 0 saturated carbocycles. The molecule has 4 heteroatoms. The van der Waals surface area contributed by atoms with E-state index in [1.165, 1.54) is 16.9 Å². The van der Waals surface area contributed by atoms with Gasteiger partial charge in [0.15, 0.2) is 0 Å². The molecule has 1 amide bonds. The largest absolute Gasteiger partial charge is 0.366 e. The van der Waals surface area contributed by atoms with Crippen molar-refractivity contribution in [2.45, 2.75) is 25.3 Å². The van der Waals surface area contributed by atoms with E-state index in [1.807, 2.05) is 6.20 Å². The second kappa shape index (κ2) is 4.65. The van der Waals surface area contributed by atoms with E-state index < -0.39 is 0 Å². The monoisotopic (exact) mass is 281 g/mol. The highest BCUT2D eigenvalue weighted by molar-refractivity contribution is 5.92. The van der Waals surface area contributed by atoms with Gasteiger partial charge in [0.05, 0.1) is 12.6 Å². The van der Waals surface area contributed by atoms with Gasteiger partial charge >= 0.3 is 0 Å². The second-order valence-corrected chi connectivity index (χ2v) is 6.03. The average molecular weight is 281 g/mol. The number of primary amides is 1. The summed E-state index contributed by atoms with van der Waals surface area (Å²) in [5.41, 5.74) is 10.3. The number of carbonyl (C=O) groups excluding carboxylic acids is 1. The lowest BCUT2D eigenvalue weighted by atomic mass is 10.0. The first kappa shape index (κ1) is 12.5. The lowest BCUT2D eigenvalue weighted by Crippen LogP contribution is -2.50. The van der Waals surface area contributed by atoms with Crippen LogP contribution in [0.25, 0.3) is 0 Å². The van der Waals surface area contributed by atoms with E-state index in [0.717, 1.165) is 25.9 Å². The van der Waals surface area contributed by atoms with Gasteiger partial charge in [0.25, 0.3) is 0 Å². The first-order valence-corrected chi connectivity index (χ1v) is 7.53. The first-order valence-electron chi connectivity index (χ1n) is 7.53. The molecule has 3 aliphatic heterocycles. The lowest BCUT2D eigenvalue weighted by molar-refractivity contribution is -0.114. The molecule has 1 aromatic carbocycles. The van der Waals surface area contributed by atoms with Crippen molar-refractivity contribution in [3.05, 3.63) is 53.4 Å². The quantitative estimate of drug-likeness (QED) is 0.853. The highest BCUT2D eigenvalue weighted by atomic mass is 16.1. The molecule has 108 valence electrons. The van der Waals surface area contributed by atoms with E-state index in [4.69, 9.17) is 5.73 Å². The number of amides is 1. The van der Waals surface area contributed by atoms with Crippen LogP contribution >= 0.6 is 0 Å². The molecule has 0 spiro atoms. The van der Waals surface area contributed by atoms with Gasteiger partial charge in [-0.05, 0) is 30.9 Å². The van der Waals surface area contributed by atoms with E-state index in [1.54, 1.807) is 0 Å². The molecule has 3 heterocycles. The van der Waals surface area contributed by atoms with Crippen LogP contribution in [-0.2, 0) is 11.2 Å². The normalized spacial score (nSPS) is 23.5. The van der Waals surface area contributed by atoms with Crippen molar-refractivity contribution in [1.82, 2.24) is 4.90 Å². The van der Waals surface area contributed by atoms with E-state index in [2.05, 4.69) is 40.1 Å². The molecule has 2 bridgehead atoms. The first-order chi connectivity index (χ1) is 10.2. The third-order valence-electron chi connectivity index (χ3n) is 4.76. The van der Waals surface area contributed by atoms with Crippen molar-refractivity contribution in [2.24, 2.45) is 5.73 Å². The van der Waals surface area contributed by atoms with Crippen LogP contribution in [0.1, 0.15) is 18.4 Å². The molecule has 2 N–H and O–H groups in total. The van der Waals surface area contributed by atoms with Gasteiger partial charge in [0.1, 0.15) is 0 Å². The summed E-state index contributed by atoms with van der Waals surface area (Å²) in [6, 6.07) is 9.11. The molecule has 1 aromatic rings. The predicted octanol–water partition coefficient (Wildman–Crippen LogP) is 1.78. The molecule has 1 unspecified atom stereocenters. The van der Waals surface area contributed by atoms with E-state index in [9.17, 15) is 4.79 Å². The minimum Gasteiger partial charge on any atom is -0.366 e. The topological polar surface area (TPSA) is 49.6 Å². The number of nitrogens with zero attached hydrogens (tertiary/aromatic N) is 2. The van der Waals surface area contributed by atoms with E-state index in [0.29, 0.717) is 18.0 Å². The maximum atomic E-state index is 11.4. The lowest BCUT2D eigenvalue weighted by Gasteiger charge is -2.44. The summed E-state index contributed by atoms with van der Waals surface area (Å²) in [5.74, 6) is -0.301. The molecular formula is C17H19N3O. The Bertz CT molecular complexity index is 662. The average Bonchev–Trinajstić information content (AvgIpc) is 2.65. The fraction of sp³-hybridized carbons (Fsp3) is 0.353. The molecular weight excluding hydrogens is 262 g/mol. The van der Waals surface area contributed by atoms with Crippen LogP contribution in [0.2, 0.25) is 0 Å². The van der Waals surface area contributed by atoms with Gasteiger partial charge in [-0.1, -0.05) is 24.3 Å². The summed E-state index contributed by atoms with van der Waals surface area (Å²) in [6.07, 6.45) is 6.99. The van der Waals surface area contributed by atoms with Crippen molar-refractivity contribution in [1.29, 1.82) is 0 Å². The molecule has 0 radical (unpaired) electrons. The highest BCUT2D eigenvalue weighted by Crippen LogP contribution is 2.35. The SMILES string of the molecule is NC(=O)C1=CN2C(=CC1)CN1CC2CCc2ccccc21. The summed E-state index contributed by atoms with van der Waals surface area (Å²) < 4.78 is 0. The molecule has 0 aromatic heterocycles. The Morgan fingerprint density at radius 3 is 3.00 bits per heavy atom. The number of para-hydroxylation sites is 1. The Morgan fingerprint density at radius 1 is 1.29 bits per heavy atom. The maximum absolute atomic E-state index is 11.4. The van der Waals surface area contributed by atoms with Gasteiger partial charge < -0.3 is 15.5 Å². The third-order valence-corrected chi connectivity index (χ3v) is 4.76. The zero-order valence-corrected chi connectivity index (χ0v) is 12.0. The van der Waals surface area contributed by atoms with Gasteiger partial charge in [-0.2, -0.15) is 0 Å². The van der Waals surface area contributed by atoms with Crippen LogP contribution < -0.4 is 10.6 Å². The summed E-state index contributed by atoms with van der Waals surface area (Å²) in [5, 5.41) is 0. The molecule has 0 aliphatic carbocycles. The van der Waals surface area contributed by atoms with Crippen molar-refractivity contribution in [3.63, 3.8) is 0 Å². The summed E-state index contributed by atoms with van der Waals surface area (Å²) >= 11 is 0. The predicted molar refractivity (Wildman–Crippen MR) is 82.6 cm³/mol.